The average molecular weight is 330 g/mol. The molecule has 2 aromatic rings. The molecule has 0 radical (unpaired) electrons. The van der Waals surface area contributed by atoms with Gasteiger partial charge in [0.15, 0.2) is 0 Å². The standard InChI is InChI=1S/C17H22N4O3/c1-11(20-16(23)24-17(2,3)4)15(22)21-19-10-12-9-18-14-8-6-5-7-13(12)14/h5-11,18H,1-4H3,(H,20,23)(H,21,22)/b19-10+. The summed E-state index contributed by atoms with van der Waals surface area (Å²) in [5.41, 5.74) is 3.63. The molecule has 0 aliphatic carbocycles. The molecule has 0 fully saturated rings. The first-order valence-corrected chi connectivity index (χ1v) is 7.65. The summed E-state index contributed by atoms with van der Waals surface area (Å²) in [6, 6.07) is 7.02. The van der Waals surface area contributed by atoms with E-state index >= 15 is 0 Å². The quantitative estimate of drug-likeness (QED) is 0.594. The van der Waals surface area contributed by atoms with Gasteiger partial charge in [-0.25, -0.2) is 10.2 Å². The molecule has 3 N–H and O–H groups in total. The second-order valence-electron chi connectivity index (χ2n) is 6.39. The predicted octanol–water partition coefficient (Wildman–Crippen LogP) is 2.53. The number of aromatic nitrogens is 1. The molecule has 0 bridgehead atoms. The zero-order valence-corrected chi connectivity index (χ0v) is 14.2. The van der Waals surface area contributed by atoms with Crippen LogP contribution in [0.3, 0.4) is 0 Å². The molecule has 1 unspecified atom stereocenters. The average Bonchev–Trinajstić information content (AvgIpc) is 2.88. The smallest absolute Gasteiger partial charge is 0.408 e. The number of H-pyrrole nitrogens is 1. The van der Waals surface area contributed by atoms with E-state index in [4.69, 9.17) is 4.74 Å². The number of fused-ring (bicyclic) bond motifs is 1. The summed E-state index contributed by atoms with van der Waals surface area (Å²) in [4.78, 5) is 26.7. The Morgan fingerprint density at radius 1 is 1.29 bits per heavy atom. The molecule has 128 valence electrons. The van der Waals surface area contributed by atoms with E-state index in [0.29, 0.717) is 0 Å². The number of benzene rings is 1. The topological polar surface area (TPSA) is 95.6 Å². The van der Waals surface area contributed by atoms with Crippen molar-refractivity contribution in [1.82, 2.24) is 15.7 Å². The number of rotatable bonds is 4. The largest absolute Gasteiger partial charge is 0.444 e. The number of aromatic amines is 1. The molecule has 0 saturated heterocycles. The Balaban J connectivity index is 1.89. The molecular weight excluding hydrogens is 308 g/mol. The molecule has 0 spiro atoms. The molecule has 0 saturated carbocycles. The Labute approximate surface area is 140 Å². The molecule has 2 rings (SSSR count). The van der Waals surface area contributed by atoms with E-state index in [1.807, 2.05) is 30.5 Å². The van der Waals surface area contributed by atoms with Gasteiger partial charge in [0.2, 0.25) is 0 Å². The number of amides is 2. The Kier molecular flexibility index (Phi) is 5.23. The van der Waals surface area contributed by atoms with E-state index in [1.165, 1.54) is 0 Å². The zero-order valence-electron chi connectivity index (χ0n) is 14.2. The van der Waals surface area contributed by atoms with Crippen LogP contribution in [-0.2, 0) is 9.53 Å². The van der Waals surface area contributed by atoms with Gasteiger partial charge in [0, 0.05) is 22.7 Å². The van der Waals surface area contributed by atoms with Crippen LogP contribution < -0.4 is 10.7 Å². The minimum atomic E-state index is -0.764. The summed E-state index contributed by atoms with van der Waals surface area (Å²) in [7, 11) is 0. The molecule has 1 atom stereocenters. The number of ether oxygens (including phenoxy) is 1. The molecule has 1 aromatic heterocycles. The lowest BCUT2D eigenvalue weighted by Gasteiger charge is -2.21. The highest BCUT2D eigenvalue weighted by Gasteiger charge is 2.20. The summed E-state index contributed by atoms with van der Waals surface area (Å²) >= 11 is 0. The third-order valence-corrected chi connectivity index (χ3v) is 3.13. The fraction of sp³-hybridized carbons (Fsp3) is 0.353. The summed E-state index contributed by atoms with van der Waals surface area (Å²) < 4.78 is 5.10. The Hall–Kier alpha value is -2.83. The monoisotopic (exact) mass is 330 g/mol. The maximum Gasteiger partial charge on any atom is 0.408 e. The molecule has 1 heterocycles. The summed E-state index contributed by atoms with van der Waals surface area (Å²) in [6.45, 7) is 6.81. The number of alkyl carbamates (subject to hydrolysis) is 1. The number of hydrogen-bond donors (Lipinski definition) is 3. The normalized spacial score (nSPS) is 13.0. The van der Waals surface area contributed by atoms with Gasteiger partial charge in [-0.15, -0.1) is 0 Å². The number of para-hydroxylation sites is 1. The van der Waals surface area contributed by atoms with Crippen molar-refractivity contribution in [3.63, 3.8) is 0 Å². The SMILES string of the molecule is CC(NC(=O)OC(C)(C)C)C(=O)N/N=C/c1c[nH]c2ccccc12. The van der Waals surface area contributed by atoms with E-state index in [2.05, 4.69) is 20.8 Å². The van der Waals surface area contributed by atoms with Gasteiger partial charge >= 0.3 is 6.09 Å². The summed E-state index contributed by atoms with van der Waals surface area (Å²) in [5, 5.41) is 7.40. The van der Waals surface area contributed by atoms with Gasteiger partial charge in [0.05, 0.1) is 6.21 Å². The third kappa shape index (κ3) is 4.84. The molecule has 7 heteroatoms. The first-order valence-electron chi connectivity index (χ1n) is 7.65. The third-order valence-electron chi connectivity index (χ3n) is 3.13. The Morgan fingerprint density at radius 3 is 2.71 bits per heavy atom. The number of carbonyl (C=O) groups excluding carboxylic acids is 2. The minimum absolute atomic E-state index is 0.433. The van der Waals surface area contributed by atoms with E-state index in [9.17, 15) is 9.59 Å². The number of carbonyl (C=O) groups is 2. The zero-order chi connectivity index (χ0) is 17.7. The molecular formula is C17H22N4O3. The van der Waals surface area contributed by atoms with Crippen molar-refractivity contribution in [3.05, 3.63) is 36.0 Å². The van der Waals surface area contributed by atoms with Crippen LogP contribution in [0.5, 0.6) is 0 Å². The lowest BCUT2D eigenvalue weighted by molar-refractivity contribution is -0.122. The van der Waals surface area contributed by atoms with Crippen LogP contribution in [0.15, 0.2) is 35.6 Å². The minimum Gasteiger partial charge on any atom is -0.444 e. The van der Waals surface area contributed by atoms with Gasteiger partial charge in [-0.3, -0.25) is 4.79 Å². The van der Waals surface area contributed by atoms with Crippen LogP contribution in [0.4, 0.5) is 4.79 Å². The van der Waals surface area contributed by atoms with Crippen molar-refractivity contribution in [1.29, 1.82) is 0 Å². The van der Waals surface area contributed by atoms with E-state index in [0.717, 1.165) is 16.5 Å². The van der Waals surface area contributed by atoms with Crippen molar-refractivity contribution >= 4 is 29.1 Å². The molecule has 7 nitrogen and oxygen atoms in total. The van der Waals surface area contributed by atoms with Gasteiger partial charge in [0.25, 0.3) is 5.91 Å². The molecule has 24 heavy (non-hydrogen) atoms. The van der Waals surface area contributed by atoms with Crippen molar-refractivity contribution in [2.45, 2.75) is 39.3 Å². The first-order chi connectivity index (χ1) is 11.3. The van der Waals surface area contributed by atoms with Gasteiger partial charge in [-0.2, -0.15) is 5.10 Å². The van der Waals surface area contributed by atoms with Gasteiger partial charge in [-0.1, -0.05) is 18.2 Å². The maximum atomic E-state index is 11.9. The van der Waals surface area contributed by atoms with Crippen molar-refractivity contribution in [2.75, 3.05) is 0 Å². The Bertz CT molecular complexity index is 759. The fourth-order valence-corrected chi connectivity index (χ4v) is 2.01. The highest BCUT2D eigenvalue weighted by atomic mass is 16.6. The summed E-state index contributed by atoms with van der Waals surface area (Å²) in [5.74, 6) is -0.433. The van der Waals surface area contributed by atoms with Crippen LogP contribution in [0.2, 0.25) is 0 Å². The van der Waals surface area contributed by atoms with Crippen LogP contribution in [0, 0.1) is 0 Å². The van der Waals surface area contributed by atoms with Crippen LogP contribution in [0.25, 0.3) is 10.9 Å². The second-order valence-corrected chi connectivity index (χ2v) is 6.39. The number of hydrazone groups is 1. The number of hydrogen-bond acceptors (Lipinski definition) is 4. The number of nitrogens with one attached hydrogen (secondary N) is 3. The van der Waals surface area contributed by atoms with Crippen LogP contribution >= 0.6 is 0 Å². The van der Waals surface area contributed by atoms with Gasteiger partial charge in [-0.05, 0) is 33.8 Å². The van der Waals surface area contributed by atoms with E-state index in [-0.39, 0.29) is 0 Å². The lowest BCUT2D eigenvalue weighted by atomic mass is 10.2. The predicted molar refractivity (Wildman–Crippen MR) is 92.9 cm³/mol. The van der Waals surface area contributed by atoms with Crippen molar-refractivity contribution < 1.29 is 14.3 Å². The molecule has 0 aliphatic heterocycles. The van der Waals surface area contributed by atoms with Gasteiger partial charge < -0.3 is 15.0 Å². The van der Waals surface area contributed by atoms with E-state index in [1.54, 1.807) is 33.9 Å². The van der Waals surface area contributed by atoms with Crippen LogP contribution in [0.1, 0.15) is 33.3 Å². The first kappa shape index (κ1) is 17.5. The van der Waals surface area contributed by atoms with Gasteiger partial charge in [0.1, 0.15) is 11.6 Å². The molecule has 0 aliphatic rings. The lowest BCUT2D eigenvalue weighted by Crippen LogP contribution is -2.45. The highest BCUT2D eigenvalue weighted by molar-refractivity contribution is 5.99. The Morgan fingerprint density at radius 2 is 2.00 bits per heavy atom. The fourth-order valence-electron chi connectivity index (χ4n) is 2.01. The van der Waals surface area contributed by atoms with Crippen molar-refractivity contribution in [3.8, 4) is 0 Å². The molecule has 2 amide bonds. The highest BCUT2D eigenvalue weighted by Crippen LogP contribution is 2.15. The number of nitrogens with zero attached hydrogens (tertiary/aromatic N) is 1. The van der Waals surface area contributed by atoms with Crippen molar-refractivity contribution in [2.24, 2.45) is 5.10 Å². The molecule has 1 aromatic carbocycles. The van der Waals surface area contributed by atoms with Crippen LogP contribution in [-0.4, -0.2) is 34.8 Å². The second kappa shape index (κ2) is 7.16. The van der Waals surface area contributed by atoms with E-state index < -0.39 is 23.6 Å². The maximum absolute atomic E-state index is 11.9. The summed E-state index contributed by atoms with van der Waals surface area (Å²) in [6.07, 6.45) is 2.71.